The van der Waals surface area contributed by atoms with Gasteiger partial charge in [-0.25, -0.2) is 12.8 Å². The topological polar surface area (TPSA) is 72.2 Å². The average molecular weight is 359 g/mol. The van der Waals surface area contributed by atoms with Crippen molar-refractivity contribution in [2.45, 2.75) is 11.8 Å². The first-order chi connectivity index (χ1) is 9.31. The van der Waals surface area contributed by atoms with Crippen molar-refractivity contribution in [3.63, 3.8) is 0 Å². The third-order valence-corrected chi connectivity index (χ3v) is 4.78. The van der Waals surface area contributed by atoms with Crippen LogP contribution in [0.15, 0.2) is 45.8 Å². The molecule has 7 heteroatoms. The largest absolute Gasteiger partial charge is 0.398 e. The maximum Gasteiger partial charge on any atom is 0.264 e. The molecule has 4 nitrogen and oxygen atoms in total. The molecule has 0 aliphatic rings. The minimum Gasteiger partial charge on any atom is -0.398 e. The molecule has 20 heavy (non-hydrogen) atoms. The number of nitrogens with one attached hydrogen (secondary N) is 1. The molecule has 0 aromatic heterocycles. The van der Waals surface area contributed by atoms with Crippen molar-refractivity contribution >= 4 is 37.3 Å². The van der Waals surface area contributed by atoms with Gasteiger partial charge in [-0.2, -0.15) is 0 Å². The molecule has 0 amide bonds. The number of aryl methyl sites for hydroxylation is 1. The van der Waals surface area contributed by atoms with E-state index in [4.69, 9.17) is 5.73 Å². The van der Waals surface area contributed by atoms with Crippen molar-refractivity contribution in [3.8, 4) is 0 Å². The molecule has 0 saturated carbocycles. The number of nitrogen functional groups attached to an aromatic ring is 1. The Labute approximate surface area is 125 Å². The van der Waals surface area contributed by atoms with Gasteiger partial charge >= 0.3 is 0 Å². The fraction of sp³-hybridized carbons (Fsp3) is 0.0769. The molecule has 106 valence electrons. The smallest absolute Gasteiger partial charge is 0.264 e. The number of hydrogen-bond acceptors (Lipinski definition) is 3. The summed E-state index contributed by atoms with van der Waals surface area (Å²) in [4.78, 5) is -0.411. The van der Waals surface area contributed by atoms with E-state index in [2.05, 4.69) is 20.7 Å². The van der Waals surface area contributed by atoms with Crippen LogP contribution in [0.4, 0.5) is 15.8 Å². The number of benzene rings is 2. The first kappa shape index (κ1) is 14.8. The fourth-order valence-electron chi connectivity index (χ4n) is 1.63. The van der Waals surface area contributed by atoms with Crippen molar-refractivity contribution in [1.29, 1.82) is 0 Å². The Kier molecular flexibility index (Phi) is 4.01. The lowest BCUT2D eigenvalue weighted by Gasteiger charge is -2.12. The van der Waals surface area contributed by atoms with Crippen LogP contribution in [0.2, 0.25) is 0 Å². The van der Waals surface area contributed by atoms with E-state index < -0.39 is 20.7 Å². The van der Waals surface area contributed by atoms with Gasteiger partial charge in [0.15, 0.2) is 0 Å². The monoisotopic (exact) mass is 358 g/mol. The third-order valence-electron chi connectivity index (χ3n) is 2.73. The highest BCUT2D eigenvalue weighted by atomic mass is 79.9. The summed E-state index contributed by atoms with van der Waals surface area (Å²) in [6.45, 7) is 1.80. The SMILES string of the molecule is Cc1cc(Br)c(NS(=O)(=O)c2ccccc2F)cc1N. The summed E-state index contributed by atoms with van der Waals surface area (Å²) in [5.41, 5.74) is 7.26. The second-order valence-electron chi connectivity index (χ2n) is 4.22. The molecule has 0 spiro atoms. The average Bonchev–Trinajstić information content (AvgIpc) is 2.36. The minimum absolute atomic E-state index is 0.261. The lowest BCUT2D eigenvalue weighted by Crippen LogP contribution is -2.15. The predicted molar refractivity (Wildman–Crippen MR) is 80.5 cm³/mol. The molecule has 0 fully saturated rings. The molecular formula is C13H12BrFN2O2S. The van der Waals surface area contributed by atoms with Crippen LogP contribution < -0.4 is 10.5 Å². The normalized spacial score (nSPS) is 11.3. The molecule has 2 rings (SSSR count). The minimum atomic E-state index is -4.01. The number of sulfonamides is 1. The van der Waals surface area contributed by atoms with Gasteiger partial charge < -0.3 is 5.73 Å². The van der Waals surface area contributed by atoms with Crippen LogP contribution in [0.3, 0.4) is 0 Å². The van der Waals surface area contributed by atoms with Gasteiger partial charge in [-0.1, -0.05) is 12.1 Å². The first-order valence-electron chi connectivity index (χ1n) is 5.64. The molecule has 0 saturated heterocycles. The molecule has 2 aromatic rings. The van der Waals surface area contributed by atoms with Gasteiger partial charge in [0.25, 0.3) is 10.0 Å². The van der Waals surface area contributed by atoms with Crippen molar-refractivity contribution in [1.82, 2.24) is 0 Å². The molecule has 0 aliphatic heterocycles. The molecular weight excluding hydrogens is 347 g/mol. The molecule has 0 unspecified atom stereocenters. The zero-order valence-electron chi connectivity index (χ0n) is 10.5. The third kappa shape index (κ3) is 2.94. The van der Waals surface area contributed by atoms with Gasteiger partial charge in [0, 0.05) is 10.2 Å². The van der Waals surface area contributed by atoms with Crippen LogP contribution in [0.1, 0.15) is 5.56 Å². The van der Waals surface area contributed by atoms with Crippen LogP contribution in [0, 0.1) is 12.7 Å². The van der Waals surface area contributed by atoms with Crippen molar-refractivity contribution in [3.05, 3.63) is 52.3 Å². The Balaban J connectivity index is 2.44. The van der Waals surface area contributed by atoms with Crippen molar-refractivity contribution in [2.24, 2.45) is 0 Å². The van der Waals surface area contributed by atoms with Crippen molar-refractivity contribution < 1.29 is 12.8 Å². The van der Waals surface area contributed by atoms with E-state index in [0.29, 0.717) is 10.2 Å². The Bertz CT molecular complexity index is 763. The zero-order chi connectivity index (χ0) is 14.9. The van der Waals surface area contributed by atoms with Gasteiger partial charge in [0.05, 0.1) is 5.69 Å². The summed E-state index contributed by atoms with van der Waals surface area (Å²) in [5.74, 6) is -0.809. The summed E-state index contributed by atoms with van der Waals surface area (Å²) < 4.78 is 40.7. The van der Waals surface area contributed by atoms with Crippen LogP contribution in [-0.4, -0.2) is 8.42 Å². The van der Waals surface area contributed by atoms with Crippen LogP contribution in [-0.2, 0) is 10.0 Å². The van der Waals surface area contributed by atoms with Gasteiger partial charge in [-0.05, 0) is 52.7 Å². The van der Waals surface area contributed by atoms with E-state index in [-0.39, 0.29) is 5.69 Å². The molecule has 0 aliphatic carbocycles. The number of nitrogens with two attached hydrogens (primary N) is 1. The van der Waals surface area contributed by atoms with Gasteiger partial charge in [-0.3, -0.25) is 4.72 Å². The number of hydrogen-bond donors (Lipinski definition) is 2. The van der Waals surface area contributed by atoms with Gasteiger partial charge in [-0.15, -0.1) is 0 Å². The molecule has 0 radical (unpaired) electrons. The van der Waals surface area contributed by atoms with E-state index in [1.54, 1.807) is 13.0 Å². The summed E-state index contributed by atoms with van der Waals surface area (Å²) in [7, 11) is -4.01. The number of rotatable bonds is 3. The summed E-state index contributed by atoms with van der Waals surface area (Å²) in [6.07, 6.45) is 0. The van der Waals surface area contributed by atoms with E-state index in [0.717, 1.165) is 11.6 Å². The summed E-state index contributed by atoms with van der Waals surface area (Å²) in [5, 5.41) is 0. The first-order valence-corrected chi connectivity index (χ1v) is 7.92. The Morgan fingerprint density at radius 3 is 2.55 bits per heavy atom. The van der Waals surface area contributed by atoms with Gasteiger partial charge in [0.1, 0.15) is 10.7 Å². The molecule has 2 aromatic carbocycles. The maximum absolute atomic E-state index is 13.6. The summed E-state index contributed by atoms with van der Waals surface area (Å²) >= 11 is 3.25. The number of anilines is 2. The van der Waals surface area contributed by atoms with Crippen molar-refractivity contribution in [2.75, 3.05) is 10.5 Å². The molecule has 0 bridgehead atoms. The predicted octanol–water partition coefficient (Wildman–Crippen LogP) is 3.28. The van der Waals surface area contributed by atoms with Crippen LogP contribution in [0.5, 0.6) is 0 Å². The Hall–Kier alpha value is -1.60. The number of halogens is 2. The molecule has 0 atom stereocenters. The van der Waals surface area contributed by atoms with E-state index in [1.165, 1.54) is 24.3 Å². The van der Waals surface area contributed by atoms with E-state index in [9.17, 15) is 12.8 Å². The van der Waals surface area contributed by atoms with E-state index in [1.807, 2.05) is 0 Å². The lowest BCUT2D eigenvalue weighted by molar-refractivity contribution is 0.570. The fourth-order valence-corrected chi connectivity index (χ4v) is 3.47. The standard InChI is InChI=1S/C13H12BrFN2O2S/c1-8-6-9(14)12(7-11(8)16)17-20(18,19)13-5-3-2-4-10(13)15/h2-7,17H,16H2,1H3. The highest BCUT2D eigenvalue weighted by Crippen LogP contribution is 2.30. The Morgan fingerprint density at radius 1 is 1.25 bits per heavy atom. The zero-order valence-corrected chi connectivity index (χ0v) is 12.9. The van der Waals surface area contributed by atoms with Crippen LogP contribution in [0.25, 0.3) is 0 Å². The van der Waals surface area contributed by atoms with Gasteiger partial charge in [0.2, 0.25) is 0 Å². The van der Waals surface area contributed by atoms with E-state index >= 15 is 0 Å². The second-order valence-corrected chi connectivity index (χ2v) is 6.73. The lowest BCUT2D eigenvalue weighted by atomic mass is 10.2. The Morgan fingerprint density at radius 2 is 1.90 bits per heavy atom. The molecule has 0 heterocycles. The highest BCUT2D eigenvalue weighted by Gasteiger charge is 2.19. The summed E-state index contributed by atoms with van der Waals surface area (Å²) in [6, 6.07) is 8.34. The highest BCUT2D eigenvalue weighted by molar-refractivity contribution is 9.10. The maximum atomic E-state index is 13.6. The van der Waals surface area contributed by atoms with Crippen LogP contribution >= 0.6 is 15.9 Å². The molecule has 3 N–H and O–H groups in total. The second kappa shape index (κ2) is 5.41. The quantitative estimate of drug-likeness (QED) is 0.827.